The highest BCUT2D eigenvalue weighted by molar-refractivity contribution is 6.06. The first-order valence-electron chi connectivity index (χ1n) is 23.7. The summed E-state index contributed by atoms with van der Waals surface area (Å²) in [4.78, 5) is 10.7. The highest BCUT2D eigenvalue weighted by Crippen LogP contribution is 2.58. The number of aromatic nitrogens is 2. The maximum atomic E-state index is 5.37. The largest absolute Gasteiger partial charge is 0.228 e. The molecule has 0 radical (unpaired) electrons. The van der Waals surface area contributed by atoms with Crippen molar-refractivity contribution in [3.05, 3.63) is 289 Å². The van der Waals surface area contributed by atoms with Gasteiger partial charge in [0.05, 0.1) is 16.8 Å². The van der Waals surface area contributed by atoms with Crippen LogP contribution in [-0.4, -0.2) is 9.97 Å². The minimum atomic E-state index is -0.496. The van der Waals surface area contributed by atoms with Gasteiger partial charge in [0.1, 0.15) is 0 Å². The Bertz CT molecular complexity index is 3820. The molecule has 12 aromatic rings. The summed E-state index contributed by atoms with van der Waals surface area (Å²) in [6.45, 7) is 0. The van der Waals surface area contributed by atoms with Gasteiger partial charge in [-0.2, -0.15) is 0 Å². The van der Waals surface area contributed by atoms with Crippen LogP contribution in [0.2, 0.25) is 0 Å². The first kappa shape index (κ1) is 40.3. The van der Waals surface area contributed by atoms with E-state index in [1.165, 1.54) is 60.8 Å². The lowest BCUT2D eigenvalue weighted by Gasteiger charge is -2.34. The Morgan fingerprint density at radius 3 is 1.45 bits per heavy atom. The normalized spacial score (nSPS) is 12.5. The van der Waals surface area contributed by atoms with Crippen molar-refractivity contribution >= 4 is 21.5 Å². The van der Waals surface area contributed by atoms with E-state index in [9.17, 15) is 0 Å². The molecule has 0 saturated heterocycles. The summed E-state index contributed by atoms with van der Waals surface area (Å²) in [7, 11) is 0. The summed E-state index contributed by atoms with van der Waals surface area (Å²) >= 11 is 0. The Balaban J connectivity index is 0.924. The van der Waals surface area contributed by atoms with Crippen LogP contribution in [0.3, 0.4) is 0 Å². The van der Waals surface area contributed by atoms with Gasteiger partial charge in [-0.1, -0.05) is 249 Å². The van der Waals surface area contributed by atoms with Gasteiger partial charge >= 0.3 is 0 Å². The molecule has 1 aliphatic carbocycles. The van der Waals surface area contributed by atoms with Gasteiger partial charge in [-0.05, 0) is 107 Å². The molecule has 0 aliphatic heterocycles. The zero-order valence-corrected chi connectivity index (χ0v) is 37.8. The molecule has 11 aromatic carbocycles. The van der Waals surface area contributed by atoms with Gasteiger partial charge in [-0.3, -0.25) is 0 Å². The molecule has 2 nitrogen and oxygen atoms in total. The molecule has 0 saturated carbocycles. The maximum Gasteiger partial charge on any atom is 0.161 e. The summed E-state index contributed by atoms with van der Waals surface area (Å²) in [6, 6.07) is 96.7. The van der Waals surface area contributed by atoms with Gasteiger partial charge in [0.25, 0.3) is 0 Å². The summed E-state index contributed by atoms with van der Waals surface area (Å²) in [6.07, 6.45) is 0. The van der Waals surface area contributed by atoms with E-state index in [0.29, 0.717) is 5.82 Å². The van der Waals surface area contributed by atoms with Crippen molar-refractivity contribution in [1.29, 1.82) is 0 Å². The lowest BCUT2D eigenvalue weighted by molar-refractivity contribution is 0.769. The van der Waals surface area contributed by atoms with Gasteiger partial charge < -0.3 is 0 Å². The average Bonchev–Trinajstić information content (AvgIpc) is 3.74. The van der Waals surface area contributed by atoms with E-state index >= 15 is 0 Å². The Kier molecular flexibility index (Phi) is 9.77. The Hall–Kier alpha value is -8.98. The first-order valence-corrected chi connectivity index (χ1v) is 23.7. The predicted molar refractivity (Wildman–Crippen MR) is 287 cm³/mol. The van der Waals surface area contributed by atoms with E-state index < -0.39 is 5.41 Å². The van der Waals surface area contributed by atoms with Crippen LogP contribution in [0.4, 0.5) is 0 Å². The summed E-state index contributed by atoms with van der Waals surface area (Å²) in [5.41, 5.74) is 19.1. The molecule has 2 heteroatoms. The van der Waals surface area contributed by atoms with Crippen LogP contribution in [0.15, 0.2) is 267 Å². The molecule has 0 N–H and O–H groups in total. The zero-order chi connectivity index (χ0) is 45.7. The van der Waals surface area contributed by atoms with Crippen LogP contribution in [0.1, 0.15) is 22.3 Å². The third kappa shape index (κ3) is 6.72. The van der Waals surface area contributed by atoms with Crippen LogP contribution >= 0.6 is 0 Å². The second kappa shape index (κ2) is 16.7. The number of hydrogen-bond acceptors (Lipinski definition) is 2. The van der Waals surface area contributed by atoms with Crippen molar-refractivity contribution < 1.29 is 0 Å². The molecule has 0 fully saturated rings. The first-order chi connectivity index (χ1) is 34.2. The van der Waals surface area contributed by atoms with Gasteiger partial charge in [0.15, 0.2) is 5.82 Å². The fourth-order valence-electron chi connectivity index (χ4n) is 11.1. The lowest BCUT2D eigenvalue weighted by atomic mass is 9.67. The molecule has 69 heavy (non-hydrogen) atoms. The summed E-state index contributed by atoms with van der Waals surface area (Å²) < 4.78 is 0. The minimum Gasteiger partial charge on any atom is -0.228 e. The van der Waals surface area contributed by atoms with E-state index in [2.05, 4.69) is 261 Å². The summed E-state index contributed by atoms with van der Waals surface area (Å²) in [5, 5.41) is 4.79. The Morgan fingerprint density at radius 2 is 0.754 bits per heavy atom. The van der Waals surface area contributed by atoms with E-state index in [1.807, 2.05) is 6.07 Å². The number of nitrogens with zero attached hydrogens (tertiary/aromatic N) is 2. The molecule has 13 rings (SSSR count). The fourth-order valence-corrected chi connectivity index (χ4v) is 11.1. The number of benzene rings is 11. The molecule has 1 aliphatic rings. The smallest absolute Gasteiger partial charge is 0.161 e. The van der Waals surface area contributed by atoms with Crippen LogP contribution < -0.4 is 0 Å². The third-order valence-corrected chi connectivity index (χ3v) is 14.2. The molecular formula is C67H44N2. The van der Waals surface area contributed by atoms with Gasteiger partial charge in [-0.25, -0.2) is 9.97 Å². The minimum absolute atomic E-state index is 0.496. The van der Waals surface area contributed by atoms with Crippen LogP contribution in [0, 0.1) is 0 Å². The zero-order valence-electron chi connectivity index (χ0n) is 37.8. The predicted octanol–water partition coefficient (Wildman–Crippen LogP) is 17.1. The van der Waals surface area contributed by atoms with E-state index in [4.69, 9.17) is 9.97 Å². The van der Waals surface area contributed by atoms with Crippen molar-refractivity contribution in [3.63, 3.8) is 0 Å². The van der Waals surface area contributed by atoms with Crippen molar-refractivity contribution in [2.45, 2.75) is 5.41 Å². The second-order valence-corrected chi connectivity index (χ2v) is 18.0. The van der Waals surface area contributed by atoms with E-state index in [-0.39, 0.29) is 0 Å². The second-order valence-electron chi connectivity index (χ2n) is 18.0. The van der Waals surface area contributed by atoms with Crippen LogP contribution in [0.5, 0.6) is 0 Å². The molecule has 1 aromatic heterocycles. The SMILES string of the molecule is c1ccc(-c2cc(-c3ccccc3-c3ccccc3)nc(-c3ccc(-c4ccc(-c5ccc6c(c5)C(c5ccccc5)(c5ccccc5)c5ccc7ccccc7c5-6)cc4)c4ccccc34)n2)cc1. The molecule has 0 bridgehead atoms. The maximum absolute atomic E-state index is 5.37. The number of hydrogen-bond donors (Lipinski definition) is 0. The fraction of sp³-hybridized carbons (Fsp3) is 0.0149. The standard InChI is InChI=1S/C67H44N2/c1-5-19-46(20-6-1)53-28-15-18-32-58(53)64-44-63(49-22-7-2-8-23-49)68-66(69-64)59-41-40-54(56-30-16-17-31-57(56)59)48-35-33-45(34-36-48)50-37-39-60-62(43-50)67(51-24-9-3-10-25-51,52-26-11-4-12-27-52)61-42-38-47-21-13-14-29-55(47)65(60)61/h1-44H. The third-order valence-electron chi connectivity index (χ3n) is 14.2. The van der Waals surface area contributed by atoms with Gasteiger partial charge in [0, 0.05) is 16.7 Å². The topological polar surface area (TPSA) is 25.8 Å². The van der Waals surface area contributed by atoms with Crippen LogP contribution in [0.25, 0.3) is 100.0 Å². The highest BCUT2D eigenvalue weighted by atomic mass is 14.9. The monoisotopic (exact) mass is 876 g/mol. The van der Waals surface area contributed by atoms with E-state index in [1.54, 1.807) is 0 Å². The quantitative estimate of drug-likeness (QED) is 0.152. The van der Waals surface area contributed by atoms with Crippen LogP contribution in [-0.2, 0) is 5.41 Å². The van der Waals surface area contributed by atoms with E-state index in [0.717, 1.165) is 55.5 Å². The van der Waals surface area contributed by atoms with Crippen molar-refractivity contribution in [1.82, 2.24) is 9.97 Å². The Labute approximate surface area is 402 Å². The van der Waals surface area contributed by atoms with Crippen molar-refractivity contribution in [2.24, 2.45) is 0 Å². The molecule has 0 spiro atoms. The number of fused-ring (bicyclic) bond motifs is 6. The average molecular weight is 877 g/mol. The molecule has 0 amide bonds. The van der Waals surface area contributed by atoms with Gasteiger partial charge in [-0.15, -0.1) is 0 Å². The number of rotatable bonds is 8. The molecule has 322 valence electrons. The Morgan fingerprint density at radius 1 is 0.261 bits per heavy atom. The molecule has 0 atom stereocenters. The lowest BCUT2D eigenvalue weighted by Crippen LogP contribution is -2.28. The van der Waals surface area contributed by atoms with Crippen molar-refractivity contribution in [2.75, 3.05) is 0 Å². The molecule has 0 unspecified atom stereocenters. The summed E-state index contributed by atoms with van der Waals surface area (Å²) in [5.74, 6) is 0.696. The molecule has 1 heterocycles. The molecular weight excluding hydrogens is 833 g/mol. The van der Waals surface area contributed by atoms with Crippen molar-refractivity contribution in [3.8, 4) is 78.4 Å². The van der Waals surface area contributed by atoms with Gasteiger partial charge in [0.2, 0.25) is 0 Å². The highest BCUT2D eigenvalue weighted by Gasteiger charge is 2.46.